The van der Waals surface area contributed by atoms with Gasteiger partial charge in [0, 0.05) is 18.8 Å². The summed E-state index contributed by atoms with van der Waals surface area (Å²) < 4.78 is 0. The molecular formula is C14H22N4O2. The highest BCUT2D eigenvalue weighted by Gasteiger charge is 2.31. The van der Waals surface area contributed by atoms with Crippen molar-refractivity contribution in [3.05, 3.63) is 17.0 Å². The fraction of sp³-hybridized carbons (Fsp3) is 0.714. The molecule has 2 aliphatic rings. The first-order valence-electron chi connectivity index (χ1n) is 7.34. The fourth-order valence-corrected chi connectivity index (χ4v) is 3.20. The number of piperidine rings is 1. The average Bonchev–Trinajstić information content (AvgIpc) is 3.02. The van der Waals surface area contributed by atoms with Crippen LogP contribution in [0.25, 0.3) is 0 Å². The molecule has 3 rings (SSSR count). The van der Waals surface area contributed by atoms with Crippen molar-refractivity contribution in [2.24, 2.45) is 5.92 Å². The van der Waals surface area contributed by atoms with Gasteiger partial charge in [-0.3, -0.25) is 9.89 Å². The molecule has 20 heavy (non-hydrogen) atoms. The minimum Gasteiger partial charge on any atom is -0.392 e. The van der Waals surface area contributed by atoms with Gasteiger partial charge in [-0.2, -0.15) is 5.10 Å². The summed E-state index contributed by atoms with van der Waals surface area (Å²) in [5.41, 5.74) is 3.43. The largest absolute Gasteiger partial charge is 0.392 e. The van der Waals surface area contributed by atoms with Crippen LogP contribution in [0, 0.1) is 5.92 Å². The third-order valence-electron chi connectivity index (χ3n) is 4.44. The monoisotopic (exact) mass is 278 g/mol. The number of hydrogen-bond acceptors (Lipinski definition) is 4. The van der Waals surface area contributed by atoms with Gasteiger partial charge in [0.25, 0.3) is 0 Å². The summed E-state index contributed by atoms with van der Waals surface area (Å²) in [7, 11) is 1.98. The van der Waals surface area contributed by atoms with Crippen LogP contribution in [-0.4, -0.2) is 52.4 Å². The van der Waals surface area contributed by atoms with Crippen LogP contribution in [-0.2, 0) is 24.2 Å². The van der Waals surface area contributed by atoms with E-state index in [-0.39, 0.29) is 11.8 Å². The number of amides is 1. The van der Waals surface area contributed by atoms with Crippen molar-refractivity contribution in [1.29, 1.82) is 0 Å². The number of carbonyl (C=O) groups excluding carboxylic acids is 1. The molecule has 1 amide bonds. The summed E-state index contributed by atoms with van der Waals surface area (Å²) in [5.74, 6) is -0.403. The lowest BCUT2D eigenvalue weighted by Crippen LogP contribution is -2.48. The van der Waals surface area contributed by atoms with Gasteiger partial charge in [-0.1, -0.05) is 0 Å². The van der Waals surface area contributed by atoms with Gasteiger partial charge in [0.15, 0.2) is 0 Å². The number of nitrogens with one attached hydrogen (secondary N) is 2. The lowest BCUT2D eigenvalue weighted by Gasteiger charge is -2.32. The summed E-state index contributed by atoms with van der Waals surface area (Å²) in [6.45, 7) is 1.92. The van der Waals surface area contributed by atoms with Crippen LogP contribution in [0.15, 0.2) is 0 Å². The number of carbonyl (C=O) groups is 1. The second-order valence-corrected chi connectivity index (χ2v) is 5.92. The standard InChI is InChI=1S/C14H22N4O2/c1-18-6-5-13(19)10(8-18)14(20)15-7-12-9-3-2-4-11(9)16-17-12/h10,13,19H,2-8H2,1H3,(H,15,20)(H,16,17)/t10-,13+/m1/s1. The molecule has 6 heteroatoms. The molecule has 1 aromatic heterocycles. The van der Waals surface area contributed by atoms with Crippen molar-refractivity contribution in [3.63, 3.8) is 0 Å². The first-order valence-corrected chi connectivity index (χ1v) is 7.34. The maximum Gasteiger partial charge on any atom is 0.227 e. The van der Waals surface area contributed by atoms with Crippen molar-refractivity contribution < 1.29 is 9.90 Å². The van der Waals surface area contributed by atoms with Crippen LogP contribution < -0.4 is 5.32 Å². The Hall–Kier alpha value is -1.40. The van der Waals surface area contributed by atoms with Crippen LogP contribution in [0.3, 0.4) is 0 Å². The highest BCUT2D eigenvalue weighted by molar-refractivity contribution is 5.79. The predicted octanol–water partition coefficient (Wildman–Crippen LogP) is -0.173. The number of likely N-dealkylation sites (tertiary alicyclic amines) is 1. The van der Waals surface area contributed by atoms with E-state index in [9.17, 15) is 9.90 Å². The number of aliphatic hydroxyl groups is 1. The Kier molecular flexibility index (Phi) is 3.76. The van der Waals surface area contributed by atoms with Crippen molar-refractivity contribution in [3.8, 4) is 0 Å². The smallest absolute Gasteiger partial charge is 0.227 e. The van der Waals surface area contributed by atoms with Crippen molar-refractivity contribution >= 4 is 5.91 Å². The number of aryl methyl sites for hydroxylation is 1. The molecule has 2 atom stereocenters. The quantitative estimate of drug-likeness (QED) is 0.717. The number of aromatic amines is 1. The van der Waals surface area contributed by atoms with E-state index < -0.39 is 6.10 Å². The van der Waals surface area contributed by atoms with Gasteiger partial charge in [0.1, 0.15) is 0 Å². The normalized spacial score (nSPS) is 26.5. The molecule has 2 heterocycles. The molecule has 1 aliphatic carbocycles. The maximum atomic E-state index is 12.2. The van der Waals surface area contributed by atoms with E-state index in [4.69, 9.17) is 0 Å². The first-order chi connectivity index (χ1) is 9.65. The molecule has 0 radical (unpaired) electrons. The Balaban J connectivity index is 1.58. The van der Waals surface area contributed by atoms with Crippen LogP contribution in [0.1, 0.15) is 29.8 Å². The molecular weight excluding hydrogens is 256 g/mol. The molecule has 1 fully saturated rings. The first kappa shape index (κ1) is 13.6. The van der Waals surface area contributed by atoms with Gasteiger partial charge < -0.3 is 15.3 Å². The fourth-order valence-electron chi connectivity index (χ4n) is 3.20. The maximum absolute atomic E-state index is 12.2. The zero-order valence-electron chi connectivity index (χ0n) is 11.9. The molecule has 0 saturated carbocycles. The molecule has 1 aliphatic heterocycles. The van der Waals surface area contributed by atoms with Crippen LogP contribution >= 0.6 is 0 Å². The lowest BCUT2D eigenvalue weighted by molar-refractivity contribution is -0.131. The Labute approximate surface area is 118 Å². The molecule has 6 nitrogen and oxygen atoms in total. The van der Waals surface area contributed by atoms with Crippen molar-refractivity contribution in [2.75, 3.05) is 20.1 Å². The minimum atomic E-state index is -0.531. The highest BCUT2D eigenvalue weighted by atomic mass is 16.3. The SMILES string of the molecule is CN1CC[C@H](O)[C@H](C(=O)NCc2n[nH]c3c2CCC3)C1. The number of aliphatic hydroxyl groups excluding tert-OH is 1. The molecule has 3 N–H and O–H groups in total. The summed E-state index contributed by atoms with van der Waals surface area (Å²) in [6.07, 6.45) is 3.40. The zero-order valence-corrected chi connectivity index (χ0v) is 11.9. The number of H-pyrrole nitrogens is 1. The van der Waals surface area contributed by atoms with E-state index in [1.54, 1.807) is 0 Å². The molecule has 110 valence electrons. The van der Waals surface area contributed by atoms with Gasteiger partial charge in [-0.25, -0.2) is 0 Å². The van der Waals surface area contributed by atoms with Gasteiger partial charge in [0.05, 0.1) is 24.3 Å². The summed E-state index contributed by atoms with van der Waals surface area (Å²) in [4.78, 5) is 14.3. The van der Waals surface area contributed by atoms with Gasteiger partial charge in [0.2, 0.25) is 5.91 Å². The number of aromatic nitrogens is 2. The topological polar surface area (TPSA) is 81.2 Å². The van der Waals surface area contributed by atoms with E-state index in [1.807, 2.05) is 7.05 Å². The predicted molar refractivity (Wildman–Crippen MR) is 74.1 cm³/mol. The van der Waals surface area contributed by atoms with E-state index in [0.717, 1.165) is 31.5 Å². The van der Waals surface area contributed by atoms with Crippen molar-refractivity contribution in [1.82, 2.24) is 20.4 Å². The van der Waals surface area contributed by atoms with Gasteiger partial charge >= 0.3 is 0 Å². The molecule has 1 aromatic rings. The molecule has 0 aromatic carbocycles. The summed E-state index contributed by atoms with van der Waals surface area (Å²) in [6, 6.07) is 0. The second-order valence-electron chi connectivity index (χ2n) is 5.92. The second kappa shape index (κ2) is 5.54. The van der Waals surface area contributed by atoms with E-state index in [2.05, 4.69) is 20.4 Å². The van der Waals surface area contributed by atoms with Gasteiger partial charge in [-0.05, 0) is 38.3 Å². The molecule has 0 spiro atoms. The van der Waals surface area contributed by atoms with E-state index in [1.165, 1.54) is 11.3 Å². The average molecular weight is 278 g/mol. The summed E-state index contributed by atoms with van der Waals surface area (Å²) in [5, 5.41) is 20.2. The number of rotatable bonds is 3. The Morgan fingerprint density at radius 3 is 3.25 bits per heavy atom. The third kappa shape index (κ3) is 2.58. The van der Waals surface area contributed by atoms with Crippen molar-refractivity contribution in [2.45, 2.75) is 38.3 Å². The Morgan fingerprint density at radius 2 is 2.40 bits per heavy atom. The Bertz CT molecular complexity index is 499. The zero-order chi connectivity index (χ0) is 14.1. The van der Waals surface area contributed by atoms with Crippen LogP contribution in [0.4, 0.5) is 0 Å². The highest BCUT2D eigenvalue weighted by Crippen LogP contribution is 2.23. The van der Waals surface area contributed by atoms with Crippen LogP contribution in [0.5, 0.6) is 0 Å². The van der Waals surface area contributed by atoms with Gasteiger partial charge in [-0.15, -0.1) is 0 Å². The van der Waals surface area contributed by atoms with E-state index >= 15 is 0 Å². The minimum absolute atomic E-state index is 0.0706. The number of hydrogen-bond donors (Lipinski definition) is 3. The molecule has 0 bridgehead atoms. The Morgan fingerprint density at radius 1 is 1.55 bits per heavy atom. The third-order valence-corrected chi connectivity index (χ3v) is 4.44. The number of fused-ring (bicyclic) bond motifs is 1. The number of nitrogens with zero attached hydrogens (tertiary/aromatic N) is 2. The summed E-state index contributed by atoms with van der Waals surface area (Å²) >= 11 is 0. The van der Waals surface area contributed by atoms with Crippen LogP contribution in [0.2, 0.25) is 0 Å². The molecule has 1 saturated heterocycles. The molecule has 0 unspecified atom stereocenters. The lowest BCUT2D eigenvalue weighted by atomic mass is 9.94. The van der Waals surface area contributed by atoms with E-state index in [0.29, 0.717) is 19.5 Å².